The first-order valence-electron chi connectivity index (χ1n) is 16.4. The molecule has 5 aromatic rings. The topological polar surface area (TPSA) is 101 Å². The van der Waals surface area contributed by atoms with E-state index in [0.29, 0.717) is 0 Å². The standard InChI is InChI=1S/C42H38O8/c1-2-28-46-41-38(50-40(45)31-20-10-4-11-21-31)36(43)37(49-39(44)30-18-8-3-9-19-30)35(48-41)29-47-42(32-22-12-5-13-23-32,33-24-14-6-15-25-33)34-26-16-7-17-27-34/h2-27,35-38,41,43H,1,28-29H2/t35-,36+,37-,38+,41+/m1/s1. The molecule has 0 saturated carbocycles. The Labute approximate surface area is 291 Å². The van der Waals surface area contributed by atoms with Gasteiger partial charge in [-0.3, -0.25) is 0 Å². The van der Waals surface area contributed by atoms with E-state index in [2.05, 4.69) is 6.58 Å². The number of esters is 2. The molecule has 1 heterocycles. The fourth-order valence-electron chi connectivity index (χ4n) is 6.10. The first-order chi connectivity index (χ1) is 24.5. The van der Waals surface area contributed by atoms with Crippen LogP contribution in [0.2, 0.25) is 0 Å². The van der Waals surface area contributed by atoms with Crippen molar-refractivity contribution in [1.82, 2.24) is 0 Å². The lowest BCUT2D eigenvalue weighted by Crippen LogP contribution is -2.62. The van der Waals surface area contributed by atoms with E-state index in [1.54, 1.807) is 60.7 Å². The number of ether oxygens (including phenoxy) is 5. The van der Waals surface area contributed by atoms with Crippen LogP contribution in [0, 0.1) is 0 Å². The molecule has 1 aliphatic heterocycles. The average molecular weight is 671 g/mol. The van der Waals surface area contributed by atoms with Crippen LogP contribution in [-0.2, 0) is 29.3 Å². The van der Waals surface area contributed by atoms with Gasteiger partial charge in [0.05, 0.1) is 24.3 Å². The Morgan fingerprint density at radius 3 is 1.46 bits per heavy atom. The molecular weight excluding hydrogens is 632 g/mol. The van der Waals surface area contributed by atoms with E-state index >= 15 is 0 Å². The zero-order valence-electron chi connectivity index (χ0n) is 27.3. The van der Waals surface area contributed by atoms with Crippen LogP contribution in [0.15, 0.2) is 164 Å². The molecule has 0 spiro atoms. The summed E-state index contributed by atoms with van der Waals surface area (Å²) >= 11 is 0. The van der Waals surface area contributed by atoms with Crippen molar-refractivity contribution in [3.63, 3.8) is 0 Å². The first kappa shape index (κ1) is 34.5. The number of hydrogen-bond acceptors (Lipinski definition) is 8. The minimum Gasteiger partial charge on any atom is -0.453 e. The highest BCUT2D eigenvalue weighted by Crippen LogP contribution is 2.41. The Kier molecular flexibility index (Phi) is 11.3. The quantitative estimate of drug-likeness (QED) is 0.0836. The van der Waals surface area contributed by atoms with Gasteiger partial charge in [0.1, 0.15) is 17.8 Å². The molecule has 0 aliphatic carbocycles. The molecule has 0 unspecified atom stereocenters. The SMILES string of the molecule is C=CCO[C@H]1O[C@H](COC(c2ccccc2)(c2ccccc2)c2ccccc2)[C@@H](OC(=O)c2ccccc2)[C@H](O)[C@@H]1OC(=O)c1ccccc1. The molecule has 1 aliphatic rings. The Bertz CT molecular complexity index is 1720. The summed E-state index contributed by atoms with van der Waals surface area (Å²) < 4.78 is 31.2. The number of rotatable bonds is 13. The molecule has 1 N–H and O–H groups in total. The van der Waals surface area contributed by atoms with Crippen LogP contribution in [0.1, 0.15) is 37.4 Å². The minimum atomic E-state index is -1.56. The van der Waals surface area contributed by atoms with Crippen LogP contribution >= 0.6 is 0 Å². The van der Waals surface area contributed by atoms with Crippen molar-refractivity contribution in [2.75, 3.05) is 13.2 Å². The smallest absolute Gasteiger partial charge is 0.338 e. The van der Waals surface area contributed by atoms with Gasteiger partial charge in [0.2, 0.25) is 0 Å². The lowest BCUT2D eigenvalue weighted by atomic mass is 9.80. The van der Waals surface area contributed by atoms with Crippen LogP contribution < -0.4 is 0 Å². The summed E-state index contributed by atoms with van der Waals surface area (Å²) in [4.78, 5) is 26.7. The number of carbonyl (C=O) groups excluding carboxylic acids is 2. The van der Waals surface area contributed by atoms with E-state index in [4.69, 9.17) is 23.7 Å². The highest BCUT2D eigenvalue weighted by Gasteiger charge is 2.51. The zero-order valence-corrected chi connectivity index (χ0v) is 27.3. The predicted octanol–water partition coefficient (Wildman–Crippen LogP) is 6.73. The molecule has 8 nitrogen and oxygen atoms in total. The normalized spacial score (nSPS) is 20.4. The largest absolute Gasteiger partial charge is 0.453 e. The van der Waals surface area contributed by atoms with Gasteiger partial charge in [-0.05, 0) is 41.0 Å². The summed E-state index contributed by atoms with van der Waals surface area (Å²) in [5.74, 6) is -1.40. The second-order valence-corrected chi connectivity index (χ2v) is 11.7. The molecule has 0 radical (unpaired) electrons. The summed E-state index contributed by atoms with van der Waals surface area (Å²) in [6.45, 7) is 3.59. The number of aliphatic hydroxyl groups is 1. The molecule has 50 heavy (non-hydrogen) atoms. The van der Waals surface area contributed by atoms with Gasteiger partial charge in [-0.2, -0.15) is 0 Å². The zero-order chi connectivity index (χ0) is 34.8. The van der Waals surface area contributed by atoms with Gasteiger partial charge < -0.3 is 28.8 Å². The van der Waals surface area contributed by atoms with Crippen molar-refractivity contribution in [2.24, 2.45) is 0 Å². The van der Waals surface area contributed by atoms with E-state index in [1.807, 2.05) is 91.0 Å². The van der Waals surface area contributed by atoms with Crippen molar-refractivity contribution in [2.45, 2.75) is 36.3 Å². The third-order valence-corrected chi connectivity index (χ3v) is 8.51. The molecule has 6 rings (SSSR count). The maximum Gasteiger partial charge on any atom is 0.338 e. The van der Waals surface area contributed by atoms with Gasteiger partial charge in [-0.15, -0.1) is 6.58 Å². The summed E-state index contributed by atoms with van der Waals surface area (Å²) in [5, 5.41) is 11.9. The monoisotopic (exact) mass is 670 g/mol. The first-order valence-corrected chi connectivity index (χ1v) is 16.4. The van der Waals surface area contributed by atoms with Gasteiger partial charge in [0, 0.05) is 0 Å². The van der Waals surface area contributed by atoms with Gasteiger partial charge in [-0.1, -0.05) is 133 Å². The molecule has 5 aromatic carbocycles. The Balaban J connectivity index is 1.39. The van der Waals surface area contributed by atoms with Crippen molar-refractivity contribution < 1.29 is 38.4 Å². The van der Waals surface area contributed by atoms with Crippen molar-refractivity contribution in [3.8, 4) is 0 Å². The second-order valence-electron chi connectivity index (χ2n) is 11.7. The van der Waals surface area contributed by atoms with Crippen LogP contribution in [0.5, 0.6) is 0 Å². The number of aliphatic hydroxyl groups excluding tert-OH is 1. The van der Waals surface area contributed by atoms with Crippen LogP contribution in [0.25, 0.3) is 0 Å². The Morgan fingerprint density at radius 2 is 1.04 bits per heavy atom. The van der Waals surface area contributed by atoms with Crippen molar-refractivity contribution in [1.29, 1.82) is 0 Å². The van der Waals surface area contributed by atoms with Crippen molar-refractivity contribution in [3.05, 3.63) is 192 Å². The minimum absolute atomic E-state index is 0.0286. The lowest BCUT2D eigenvalue weighted by Gasteiger charge is -2.44. The highest BCUT2D eigenvalue weighted by molar-refractivity contribution is 5.90. The fraction of sp³-hybridized carbons (Fsp3) is 0.190. The summed E-state index contributed by atoms with van der Waals surface area (Å²) in [6.07, 6.45) is -5.07. The van der Waals surface area contributed by atoms with Gasteiger partial charge in [0.15, 0.2) is 18.5 Å². The fourth-order valence-corrected chi connectivity index (χ4v) is 6.10. The molecule has 0 aromatic heterocycles. The number of hydrogen-bond donors (Lipinski definition) is 1. The number of carbonyl (C=O) groups is 2. The maximum absolute atomic E-state index is 13.5. The molecule has 0 amide bonds. The molecule has 254 valence electrons. The third-order valence-electron chi connectivity index (χ3n) is 8.51. The van der Waals surface area contributed by atoms with Gasteiger partial charge in [-0.25, -0.2) is 9.59 Å². The van der Waals surface area contributed by atoms with E-state index < -0.39 is 48.2 Å². The average Bonchev–Trinajstić information content (AvgIpc) is 3.18. The number of benzene rings is 5. The molecule has 8 heteroatoms. The molecule has 5 atom stereocenters. The van der Waals surface area contributed by atoms with Crippen LogP contribution in [-0.4, -0.2) is 61.0 Å². The summed E-state index contributed by atoms with van der Waals surface area (Å²) in [7, 11) is 0. The van der Waals surface area contributed by atoms with Crippen LogP contribution in [0.4, 0.5) is 0 Å². The van der Waals surface area contributed by atoms with Crippen molar-refractivity contribution >= 4 is 11.9 Å². The molecular formula is C42H38O8. The maximum atomic E-state index is 13.5. The van der Waals surface area contributed by atoms with E-state index in [-0.39, 0.29) is 24.3 Å². The summed E-state index contributed by atoms with van der Waals surface area (Å²) in [6, 6.07) is 46.1. The van der Waals surface area contributed by atoms with Crippen LogP contribution in [0.3, 0.4) is 0 Å². The van der Waals surface area contributed by atoms with E-state index in [1.165, 1.54) is 6.08 Å². The molecule has 1 saturated heterocycles. The van der Waals surface area contributed by atoms with Gasteiger partial charge in [0.25, 0.3) is 0 Å². The third kappa shape index (κ3) is 7.59. The Morgan fingerprint density at radius 1 is 0.640 bits per heavy atom. The lowest BCUT2D eigenvalue weighted by molar-refractivity contribution is -0.301. The molecule has 0 bridgehead atoms. The molecule has 1 fully saturated rings. The summed E-state index contributed by atoms with van der Waals surface area (Å²) in [5.41, 5.74) is 1.94. The van der Waals surface area contributed by atoms with E-state index in [9.17, 15) is 14.7 Å². The predicted molar refractivity (Wildman–Crippen MR) is 187 cm³/mol. The highest BCUT2D eigenvalue weighted by atomic mass is 16.7. The Hall–Kier alpha value is -5.38. The second kappa shape index (κ2) is 16.3. The van der Waals surface area contributed by atoms with E-state index in [0.717, 1.165) is 16.7 Å². The van der Waals surface area contributed by atoms with Gasteiger partial charge >= 0.3 is 11.9 Å².